The fraction of sp³-hybridized carbons (Fsp3) is 0.524. The van der Waals surface area contributed by atoms with Gasteiger partial charge in [-0.05, 0) is 44.2 Å². The van der Waals surface area contributed by atoms with Gasteiger partial charge in [0.05, 0.1) is 0 Å². The first-order valence-corrected chi connectivity index (χ1v) is 10.6. The van der Waals surface area contributed by atoms with Crippen molar-refractivity contribution in [1.82, 2.24) is 5.32 Å². The van der Waals surface area contributed by atoms with Crippen molar-refractivity contribution in [2.75, 3.05) is 13.1 Å². The summed E-state index contributed by atoms with van der Waals surface area (Å²) in [7, 11) is 0. The molecule has 1 aromatic carbocycles. The van der Waals surface area contributed by atoms with Gasteiger partial charge in [0, 0.05) is 6.54 Å². The number of hydrogen-bond acceptors (Lipinski definition) is 7. The van der Waals surface area contributed by atoms with Crippen LogP contribution in [0.5, 0.6) is 0 Å². The highest BCUT2D eigenvalue weighted by Crippen LogP contribution is 2.06. The van der Waals surface area contributed by atoms with E-state index in [0.717, 1.165) is 31.4 Å². The van der Waals surface area contributed by atoms with Crippen LogP contribution in [0.3, 0.4) is 0 Å². The van der Waals surface area contributed by atoms with Gasteiger partial charge < -0.3 is 43.6 Å². The second-order valence-electron chi connectivity index (χ2n) is 7.37. The third-order valence-electron chi connectivity index (χ3n) is 4.51. The zero-order valence-electron chi connectivity index (χ0n) is 18.6. The number of guanidine groups is 1. The average Bonchev–Trinajstić information content (AvgIpc) is 2.78. The van der Waals surface area contributed by atoms with Crippen LogP contribution in [-0.4, -0.2) is 70.4 Å². The lowest BCUT2D eigenvalue weighted by molar-refractivity contribution is -0.140. The Kier molecular flexibility index (Phi) is 15.7. The highest BCUT2D eigenvalue weighted by Gasteiger charge is 2.18. The van der Waals surface area contributed by atoms with Crippen LogP contribution in [0.4, 0.5) is 0 Å². The minimum absolute atomic E-state index is 0.0129. The molecule has 12 nitrogen and oxygen atoms in total. The number of carbonyl (C=O) groups is 3. The van der Waals surface area contributed by atoms with Crippen molar-refractivity contribution in [3.63, 3.8) is 0 Å². The number of benzene rings is 1. The molecule has 0 spiro atoms. The summed E-state index contributed by atoms with van der Waals surface area (Å²) in [5, 5.41) is 28.3. The fourth-order valence-corrected chi connectivity index (χ4v) is 2.66. The fourth-order valence-electron chi connectivity index (χ4n) is 2.66. The van der Waals surface area contributed by atoms with Crippen molar-refractivity contribution in [2.24, 2.45) is 27.9 Å². The van der Waals surface area contributed by atoms with Gasteiger partial charge in [0.25, 0.3) is 0 Å². The zero-order chi connectivity index (χ0) is 25.2. The van der Waals surface area contributed by atoms with Crippen LogP contribution in [0.15, 0.2) is 35.3 Å². The molecule has 1 unspecified atom stereocenters. The monoisotopic (exact) mass is 468 g/mol. The number of aliphatic carboxylic acids is 3. The summed E-state index contributed by atoms with van der Waals surface area (Å²) in [5.41, 5.74) is 21.6. The molecule has 186 valence electrons. The van der Waals surface area contributed by atoms with Crippen LogP contribution in [-0.2, 0) is 20.8 Å². The van der Waals surface area contributed by atoms with Gasteiger partial charge in [-0.3, -0.25) is 19.4 Å². The minimum Gasteiger partial charge on any atom is -0.480 e. The Bertz CT molecular complexity index is 736. The Morgan fingerprint density at radius 3 is 2.03 bits per heavy atom. The molecule has 3 atom stereocenters. The van der Waals surface area contributed by atoms with Crippen LogP contribution in [0.2, 0.25) is 0 Å². The molecule has 12 heteroatoms. The van der Waals surface area contributed by atoms with Crippen LogP contribution < -0.4 is 28.3 Å². The second kappa shape index (κ2) is 17.3. The van der Waals surface area contributed by atoms with Gasteiger partial charge in [0.15, 0.2) is 5.96 Å². The number of rotatable bonds is 9. The quantitative estimate of drug-likeness (QED) is 0.128. The first-order chi connectivity index (χ1) is 15.5. The lowest BCUT2D eigenvalue weighted by Gasteiger charge is -2.18. The molecular formula is C21H36N6O6. The first kappa shape index (κ1) is 29.8. The molecule has 2 rings (SSSR count). The van der Waals surface area contributed by atoms with Crippen molar-refractivity contribution in [3.05, 3.63) is 35.9 Å². The maximum Gasteiger partial charge on any atom is 0.320 e. The number of hydrogen-bond donors (Lipinski definition) is 8. The zero-order valence-corrected chi connectivity index (χ0v) is 18.6. The highest BCUT2D eigenvalue weighted by atomic mass is 16.4. The van der Waals surface area contributed by atoms with Crippen LogP contribution in [0.25, 0.3) is 0 Å². The minimum atomic E-state index is -1.00. The summed E-state index contributed by atoms with van der Waals surface area (Å²) in [4.78, 5) is 34.6. The van der Waals surface area contributed by atoms with Crippen molar-refractivity contribution in [3.8, 4) is 0 Å². The molecule has 0 aromatic heterocycles. The topological polar surface area (TPSA) is 240 Å². The molecule has 12 N–H and O–H groups in total. The van der Waals surface area contributed by atoms with Crippen molar-refractivity contribution < 1.29 is 29.7 Å². The summed E-state index contributed by atoms with van der Waals surface area (Å²) in [6.45, 7) is 1.28. The van der Waals surface area contributed by atoms with E-state index < -0.39 is 30.0 Å². The van der Waals surface area contributed by atoms with Crippen LogP contribution in [0.1, 0.15) is 37.7 Å². The maximum absolute atomic E-state index is 10.4. The molecule has 0 saturated carbocycles. The van der Waals surface area contributed by atoms with E-state index in [1.54, 1.807) is 0 Å². The number of nitrogens with two attached hydrogens (primary N) is 4. The second-order valence-corrected chi connectivity index (χ2v) is 7.37. The largest absolute Gasteiger partial charge is 0.480 e. The molecule has 1 fully saturated rings. The normalized spacial score (nSPS) is 16.5. The third kappa shape index (κ3) is 16.1. The smallest absolute Gasteiger partial charge is 0.320 e. The summed E-state index contributed by atoms with van der Waals surface area (Å²) >= 11 is 0. The summed E-state index contributed by atoms with van der Waals surface area (Å²) in [5.74, 6) is -2.66. The van der Waals surface area contributed by atoms with E-state index in [9.17, 15) is 14.4 Å². The number of nitrogens with one attached hydrogen (secondary N) is 1. The lowest BCUT2D eigenvalue weighted by Crippen LogP contribution is -2.40. The van der Waals surface area contributed by atoms with Gasteiger partial charge in [-0.25, -0.2) is 0 Å². The Balaban J connectivity index is 0.000000470. The van der Waals surface area contributed by atoms with Crippen molar-refractivity contribution in [1.29, 1.82) is 0 Å². The van der Waals surface area contributed by atoms with Crippen molar-refractivity contribution >= 4 is 23.9 Å². The van der Waals surface area contributed by atoms with Crippen LogP contribution >= 0.6 is 0 Å². The Morgan fingerprint density at radius 1 is 1.00 bits per heavy atom. The molecule has 33 heavy (non-hydrogen) atoms. The number of piperidine rings is 1. The Morgan fingerprint density at radius 2 is 1.61 bits per heavy atom. The molecule has 1 saturated heterocycles. The van der Waals surface area contributed by atoms with Gasteiger partial charge in [-0.2, -0.15) is 0 Å². The number of carboxylic acids is 3. The Hall–Kier alpha value is -3.22. The maximum atomic E-state index is 10.4. The molecule has 1 aliphatic rings. The molecular weight excluding hydrogens is 432 g/mol. The van der Waals surface area contributed by atoms with Gasteiger partial charge in [0.2, 0.25) is 0 Å². The van der Waals surface area contributed by atoms with E-state index in [-0.39, 0.29) is 12.0 Å². The predicted octanol–water partition coefficient (Wildman–Crippen LogP) is -0.694. The van der Waals surface area contributed by atoms with E-state index >= 15 is 0 Å². The van der Waals surface area contributed by atoms with Gasteiger partial charge in [-0.15, -0.1) is 0 Å². The molecule has 1 aromatic rings. The van der Waals surface area contributed by atoms with Gasteiger partial charge in [-0.1, -0.05) is 36.8 Å². The SMILES string of the molecule is NC(N)=NCCC[C@H](N)C(=O)O.N[C@@H](Cc1ccccc1)C(=O)O.O=C(O)C1CCCCN1. The van der Waals surface area contributed by atoms with E-state index in [0.29, 0.717) is 25.8 Å². The molecule has 1 aliphatic heterocycles. The van der Waals surface area contributed by atoms with Gasteiger partial charge >= 0.3 is 17.9 Å². The third-order valence-corrected chi connectivity index (χ3v) is 4.51. The summed E-state index contributed by atoms with van der Waals surface area (Å²) in [6.07, 6.45) is 4.29. The summed E-state index contributed by atoms with van der Waals surface area (Å²) in [6, 6.07) is 7.44. The molecule has 0 aliphatic carbocycles. The van der Waals surface area contributed by atoms with E-state index in [1.165, 1.54) is 0 Å². The lowest BCUT2D eigenvalue weighted by atomic mass is 10.1. The molecule has 0 radical (unpaired) electrons. The predicted molar refractivity (Wildman–Crippen MR) is 125 cm³/mol. The van der Waals surface area contributed by atoms with E-state index in [4.69, 9.17) is 38.3 Å². The van der Waals surface area contributed by atoms with E-state index in [1.807, 2.05) is 30.3 Å². The van der Waals surface area contributed by atoms with Gasteiger partial charge in [0.1, 0.15) is 18.1 Å². The Labute approximate surface area is 193 Å². The molecule has 0 bridgehead atoms. The number of aliphatic imine (C=N–C) groups is 1. The van der Waals surface area contributed by atoms with Crippen molar-refractivity contribution in [2.45, 2.75) is 56.7 Å². The highest BCUT2D eigenvalue weighted by molar-refractivity contribution is 5.75. The average molecular weight is 469 g/mol. The molecule has 1 heterocycles. The molecule has 0 amide bonds. The van der Waals surface area contributed by atoms with E-state index in [2.05, 4.69) is 10.3 Å². The first-order valence-electron chi connectivity index (χ1n) is 10.6. The number of carboxylic acid groups (broad SMARTS) is 3. The van der Waals surface area contributed by atoms with Crippen LogP contribution in [0, 0.1) is 0 Å². The number of nitrogens with zero attached hydrogens (tertiary/aromatic N) is 1. The summed E-state index contributed by atoms with van der Waals surface area (Å²) < 4.78 is 0. The standard InChI is InChI=1S/C9H11NO2.C6H14N4O2.C6H11NO2/c10-8(9(11)12)6-7-4-2-1-3-5-7;7-4(5(11)12)2-1-3-10-6(8)9;8-6(9)5-3-1-2-4-7-5/h1-5,8H,6,10H2,(H,11,12);4H,1-3,7H2,(H,11,12)(H4,8,9,10);5,7H,1-4H2,(H,8,9)/t8-;4-;/m00./s1.